The zero-order chi connectivity index (χ0) is 15.0. The van der Waals surface area contributed by atoms with Crippen LogP contribution >= 0.6 is 0 Å². The van der Waals surface area contributed by atoms with Crippen LogP contribution in [0.5, 0.6) is 5.75 Å². The van der Waals surface area contributed by atoms with E-state index in [0.29, 0.717) is 12.1 Å². The molecular formula is C8H6BF4KO5S. The van der Waals surface area contributed by atoms with Crippen LogP contribution < -0.4 is 61.0 Å². The Morgan fingerprint density at radius 2 is 1.80 bits per heavy atom. The van der Waals surface area contributed by atoms with Gasteiger partial charge in [-0.1, -0.05) is 9.95 Å². The average molecular weight is 340 g/mol. The summed E-state index contributed by atoms with van der Waals surface area (Å²) in [6.45, 7) is -4.76. The monoisotopic (exact) mass is 340 g/mol. The Balaban J connectivity index is 0.00000361. The number of aromatic carboxylic acids is 1. The summed E-state index contributed by atoms with van der Waals surface area (Å²) in [5, 5.41) is 8.63. The fraction of sp³-hybridized carbons (Fsp3) is 0.125. The Bertz CT molecular complexity index is 630. The number of hydrogen-bond acceptors (Lipinski definition) is 4. The summed E-state index contributed by atoms with van der Waals surface area (Å²) in [7, 11) is -5.56. The molecule has 5 nitrogen and oxygen atoms in total. The molecule has 0 amide bonds. The van der Waals surface area contributed by atoms with Crippen molar-refractivity contribution in [2.75, 3.05) is 0 Å². The minimum absolute atomic E-state index is 0. The molecule has 0 saturated heterocycles. The summed E-state index contributed by atoms with van der Waals surface area (Å²) < 4.78 is 74.6. The number of carboxylic acids is 1. The fourth-order valence-corrected chi connectivity index (χ4v) is 1.75. The molecule has 1 N–H and O–H groups in total. The van der Waals surface area contributed by atoms with E-state index in [2.05, 4.69) is 4.18 Å². The van der Waals surface area contributed by atoms with Gasteiger partial charge in [-0.2, -0.15) is 8.42 Å². The Kier molecular flexibility index (Phi) is 6.70. The second kappa shape index (κ2) is 6.75. The normalized spacial score (nSPS) is 11.7. The fourth-order valence-electron chi connectivity index (χ4n) is 1.37. The van der Waals surface area contributed by atoms with Crippen LogP contribution in [0.25, 0.3) is 0 Å². The summed E-state index contributed by atoms with van der Waals surface area (Å²) in [4.78, 5) is 10.7. The van der Waals surface area contributed by atoms with E-state index in [1.54, 1.807) is 0 Å². The van der Waals surface area contributed by atoms with E-state index < -0.39 is 45.8 Å². The number of hydrogen-bond donors (Lipinski definition) is 1. The zero-order valence-corrected chi connectivity index (χ0v) is 14.2. The maximum atomic E-state index is 12.7. The van der Waals surface area contributed by atoms with E-state index in [1.807, 2.05) is 0 Å². The van der Waals surface area contributed by atoms with Crippen molar-refractivity contribution in [2.45, 2.75) is 6.92 Å². The van der Waals surface area contributed by atoms with Crippen molar-refractivity contribution in [3.63, 3.8) is 0 Å². The first-order valence-corrected chi connectivity index (χ1v) is 5.94. The van der Waals surface area contributed by atoms with Gasteiger partial charge in [-0.15, -0.1) is 5.46 Å². The van der Waals surface area contributed by atoms with Gasteiger partial charge in [-0.25, -0.2) is 4.79 Å². The number of benzene rings is 1. The summed E-state index contributed by atoms with van der Waals surface area (Å²) in [5.41, 5.74) is -2.93. The molecule has 0 unspecified atom stereocenters. The van der Waals surface area contributed by atoms with Gasteiger partial charge in [0.1, 0.15) is 5.75 Å². The van der Waals surface area contributed by atoms with E-state index in [9.17, 15) is 30.0 Å². The van der Waals surface area contributed by atoms with Crippen molar-refractivity contribution < 1.29 is 90.7 Å². The summed E-state index contributed by atoms with van der Waals surface area (Å²) in [6, 6.07) is 0.829. The third-order valence-electron chi connectivity index (χ3n) is 2.19. The van der Waals surface area contributed by atoms with Crippen LogP contribution in [0, 0.1) is 6.92 Å². The SMILES string of the molecule is Cc1c(OS(=O)(=O)F)cc(C(=O)O)cc1[B-](F)(F)F.[K+]. The molecule has 106 valence electrons. The molecule has 0 atom stereocenters. The van der Waals surface area contributed by atoms with Gasteiger partial charge >= 0.3 is 74.8 Å². The van der Waals surface area contributed by atoms with Crippen LogP contribution in [-0.4, -0.2) is 26.5 Å². The topological polar surface area (TPSA) is 80.7 Å². The van der Waals surface area contributed by atoms with Gasteiger partial charge in [-0.3, -0.25) is 0 Å². The van der Waals surface area contributed by atoms with Gasteiger partial charge < -0.3 is 22.2 Å². The number of carboxylic acid groups (broad SMARTS) is 1. The van der Waals surface area contributed by atoms with Crippen LogP contribution in [0.2, 0.25) is 0 Å². The average Bonchev–Trinajstić information content (AvgIpc) is 2.16. The Morgan fingerprint density at radius 3 is 2.15 bits per heavy atom. The molecule has 0 aliphatic carbocycles. The maximum Gasteiger partial charge on any atom is 1.00 e. The number of halogens is 4. The van der Waals surface area contributed by atoms with Crippen molar-refractivity contribution in [3.05, 3.63) is 23.3 Å². The first kappa shape index (κ1) is 19.9. The van der Waals surface area contributed by atoms with E-state index >= 15 is 0 Å². The molecule has 0 heterocycles. The molecule has 1 rings (SSSR count). The van der Waals surface area contributed by atoms with Crippen molar-refractivity contribution in [2.24, 2.45) is 0 Å². The van der Waals surface area contributed by atoms with Crippen molar-refractivity contribution in [1.29, 1.82) is 0 Å². The van der Waals surface area contributed by atoms with E-state index in [1.165, 1.54) is 0 Å². The van der Waals surface area contributed by atoms with Crippen molar-refractivity contribution in [3.8, 4) is 5.75 Å². The molecule has 12 heteroatoms. The quantitative estimate of drug-likeness (QED) is 0.403. The van der Waals surface area contributed by atoms with Crippen LogP contribution in [-0.2, 0) is 10.5 Å². The first-order chi connectivity index (χ1) is 8.42. The van der Waals surface area contributed by atoms with E-state index in [4.69, 9.17) is 5.11 Å². The van der Waals surface area contributed by atoms with Crippen LogP contribution in [0.3, 0.4) is 0 Å². The molecule has 0 aromatic heterocycles. The van der Waals surface area contributed by atoms with Gasteiger partial charge in [0, 0.05) is 0 Å². The first-order valence-electron chi connectivity index (χ1n) is 4.63. The van der Waals surface area contributed by atoms with Gasteiger partial charge in [0.2, 0.25) is 0 Å². The number of carbonyl (C=O) groups is 1. The maximum absolute atomic E-state index is 12.7. The molecule has 0 spiro atoms. The van der Waals surface area contributed by atoms with Crippen LogP contribution in [0.4, 0.5) is 16.8 Å². The molecule has 0 radical (unpaired) electrons. The van der Waals surface area contributed by atoms with Crippen molar-refractivity contribution in [1.82, 2.24) is 0 Å². The largest absolute Gasteiger partial charge is 1.00 e. The molecule has 0 fully saturated rings. The molecule has 0 aliphatic heterocycles. The third kappa shape index (κ3) is 5.33. The number of rotatable bonds is 4. The molecular weight excluding hydrogens is 334 g/mol. The summed E-state index contributed by atoms with van der Waals surface area (Å²) in [6.07, 6.45) is 0. The Morgan fingerprint density at radius 1 is 1.30 bits per heavy atom. The van der Waals surface area contributed by atoms with Crippen molar-refractivity contribution >= 4 is 28.9 Å². The summed E-state index contributed by atoms with van der Waals surface area (Å²) in [5.74, 6) is -2.75. The molecule has 1 aromatic carbocycles. The second-order valence-corrected chi connectivity index (χ2v) is 4.50. The molecule has 0 aliphatic rings. The van der Waals surface area contributed by atoms with Gasteiger partial charge in [-0.05, 0) is 18.6 Å². The second-order valence-electron chi connectivity index (χ2n) is 3.54. The predicted octanol–water partition coefficient (Wildman–Crippen LogP) is -1.66. The molecule has 0 bridgehead atoms. The van der Waals surface area contributed by atoms with Crippen LogP contribution in [0.1, 0.15) is 15.9 Å². The summed E-state index contributed by atoms with van der Waals surface area (Å²) >= 11 is 0. The Hall–Kier alpha value is -0.139. The molecule has 0 saturated carbocycles. The van der Waals surface area contributed by atoms with Crippen LogP contribution in [0.15, 0.2) is 12.1 Å². The molecule has 1 aromatic rings. The minimum atomic E-state index is -5.61. The minimum Gasteiger partial charge on any atom is -0.478 e. The Labute approximate surface area is 154 Å². The predicted molar refractivity (Wildman–Crippen MR) is 57.5 cm³/mol. The molecule has 20 heavy (non-hydrogen) atoms. The van der Waals surface area contributed by atoms with E-state index in [0.717, 1.165) is 6.92 Å². The smallest absolute Gasteiger partial charge is 0.478 e. The van der Waals surface area contributed by atoms with E-state index in [-0.39, 0.29) is 51.4 Å². The standard InChI is InChI=1S/C8H6BF4O5S.K/c1-4-6(9(10,11)12)2-5(8(14)15)3-7(4)18-19(13,16)17;/h2-3H,1H3,(H,14,15);/q-1;+1. The zero-order valence-electron chi connectivity index (χ0n) is 10.2. The van der Waals surface area contributed by atoms with Gasteiger partial charge in [0.05, 0.1) is 5.56 Å². The third-order valence-corrected chi connectivity index (χ3v) is 2.57. The van der Waals surface area contributed by atoms with Gasteiger partial charge in [0.15, 0.2) is 0 Å². The van der Waals surface area contributed by atoms with Gasteiger partial charge in [0.25, 0.3) is 0 Å².